The molecule has 0 aromatic rings. The summed E-state index contributed by atoms with van der Waals surface area (Å²) in [7, 11) is 0. The SMILES string of the molecule is CCOC(=O)CCC(=O)NC[C@@H]1CCCN1. The lowest BCUT2D eigenvalue weighted by Gasteiger charge is -2.11. The summed E-state index contributed by atoms with van der Waals surface area (Å²) in [4.78, 5) is 22.4. The van der Waals surface area contributed by atoms with Crippen LogP contribution in [0.4, 0.5) is 0 Å². The minimum absolute atomic E-state index is 0.0817. The van der Waals surface area contributed by atoms with Gasteiger partial charge in [0.2, 0.25) is 5.91 Å². The maximum atomic E-state index is 11.4. The maximum absolute atomic E-state index is 11.4. The van der Waals surface area contributed by atoms with Crippen molar-refractivity contribution in [2.45, 2.75) is 38.6 Å². The van der Waals surface area contributed by atoms with Crippen LogP contribution in [0.2, 0.25) is 0 Å². The van der Waals surface area contributed by atoms with E-state index in [2.05, 4.69) is 10.6 Å². The van der Waals surface area contributed by atoms with Crippen LogP contribution in [0.3, 0.4) is 0 Å². The smallest absolute Gasteiger partial charge is 0.306 e. The predicted molar refractivity (Wildman–Crippen MR) is 59.9 cm³/mol. The van der Waals surface area contributed by atoms with E-state index < -0.39 is 0 Å². The fourth-order valence-corrected chi connectivity index (χ4v) is 1.71. The summed E-state index contributed by atoms with van der Waals surface area (Å²) in [5, 5.41) is 6.10. The third kappa shape index (κ3) is 5.11. The van der Waals surface area contributed by atoms with Gasteiger partial charge in [0, 0.05) is 19.0 Å². The van der Waals surface area contributed by atoms with Gasteiger partial charge in [-0.05, 0) is 26.3 Å². The fourth-order valence-electron chi connectivity index (χ4n) is 1.71. The average Bonchev–Trinajstić information content (AvgIpc) is 2.77. The Hall–Kier alpha value is -1.10. The van der Waals surface area contributed by atoms with E-state index in [0.29, 0.717) is 19.2 Å². The van der Waals surface area contributed by atoms with E-state index in [0.717, 1.165) is 13.0 Å². The second kappa shape index (κ2) is 7.22. The molecule has 1 rings (SSSR count). The van der Waals surface area contributed by atoms with Gasteiger partial charge >= 0.3 is 5.97 Å². The molecule has 2 N–H and O–H groups in total. The molecule has 0 unspecified atom stereocenters. The first-order valence-corrected chi connectivity index (χ1v) is 5.88. The monoisotopic (exact) mass is 228 g/mol. The van der Waals surface area contributed by atoms with Gasteiger partial charge in [0.15, 0.2) is 0 Å². The zero-order valence-corrected chi connectivity index (χ0v) is 9.75. The molecule has 0 bridgehead atoms. The minimum Gasteiger partial charge on any atom is -0.466 e. The molecule has 0 aliphatic carbocycles. The van der Waals surface area contributed by atoms with Crippen LogP contribution in [0.1, 0.15) is 32.6 Å². The Bertz CT molecular complexity index is 237. The van der Waals surface area contributed by atoms with E-state index in [4.69, 9.17) is 4.74 Å². The number of carbonyl (C=O) groups is 2. The van der Waals surface area contributed by atoms with Gasteiger partial charge in [0.25, 0.3) is 0 Å². The van der Waals surface area contributed by atoms with Crippen LogP contribution in [0.25, 0.3) is 0 Å². The highest BCUT2D eigenvalue weighted by atomic mass is 16.5. The van der Waals surface area contributed by atoms with Crippen molar-refractivity contribution < 1.29 is 14.3 Å². The molecule has 5 heteroatoms. The first-order chi connectivity index (χ1) is 7.72. The number of esters is 1. The maximum Gasteiger partial charge on any atom is 0.306 e. The molecule has 1 aliphatic heterocycles. The second-order valence-corrected chi connectivity index (χ2v) is 3.90. The molecule has 0 aromatic carbocycles. The minimum atomic E-state index is -0.309. The molecule has 1 aliphatic rings. The van der Waals surface area contributed by atoms with Crippen LogP contribution in [0.5, 0.6) is 0 Å². The quantitative estimate of drug-likeness (QED) is 0.637. The molecular formula is C11H20N2O3. The van der Waals surface area contributed by atoms with Gasteiger partial charge < -0.3 is 15.4 Å². The lowest BCUT2D eigenvalue weighted by molar-refractivity contribution is -0.144. The Labute approximate surface area is 95.9 Å². The van der Waals surface area contributed by atoms with Crippen LogP contribution in [-0.2, 0) is 14.3 Å². The molecule has 92 valence electrons. The Kier molecular flexibility index (Phi) is 5.85. The Morgan fingerprint density at radius 1 is 1.44 bits per heavy atom. The van der Waals surface area contributed by atoms with Gasteiger partial charge in [-0.2, -0.15) is 0 Å². The second-order valence-electron chi connectivity index (χ2n) is 3.90. The Balaban J connectivity index is 2.04. The van der Waals surface area contributed by atoms with Gasteiger partial charge in [-0.25, -0.2) is 0 Å². The van der Waals surface area contributed by atoms with Crippen molar-refractivity contribution in [1.82, 2.24) is 10.6 Å². The molecule has 5 nitrogen and oxygen atoms in total. The third-order valence-corrected chi connectivity index (χ3v) is 2.57. The summed E-state index contributed by atoms with van der Waals surface area (Å²) in [6, 6.07) is 0.395. The number of carbonyl (C=O) groups excluding carboxylic acids is 2. The molecule has 1 saturated heterocycles. The zero-order valence-electron chi connectivity index (χ0n) is 9.75. The van der Waals surface area contributed by atoms with Crippen molar-refractivity contribution in [3.8, 4) is 0 Å². The molecule has 0 spiro atoms. The van der Waals surface area contributed by atoms with Gasteiger partial charge in [0.1, 0.15) is 0 Å². The molecule has 1 atom stereocenters. The van der Waals surface area contributed by atoms with Crippen LogP contribution in [-0.4, -0.2) is 37.6 Å². The van der Waals surface area contributed by atoms with E-state index in [9.17, 15) is 9.59 Å². The number of nitrogens with one attached hydrogen (secondary N) is 2. The number of ether oxygens (including phenoxy) is 1. The molecular weight excluding hydrogens is 208 g/mol. The van der Waals surface area contributed by atoms with Crippen LogP contribution < -0.4 is 10.6 Å². The summed E-state index contributed by atoms with van der Waals surface area (Å²) in [5.74, 6) is -0.390. The van der Waals surface area contributed by atoms with Crippen molar-refractivity contribution in [3.63, 3.8) is 0 Å². The van der Waals surface area contributed by atoms with Gasteiger partial charge in [-0.1, -0.05) is 0 Å². The first-order valence-electron chi connectivity index (χ1n) is 5.88. The van der Waals surface area contributed by atoms with Crippen molar-refractivity contribution in [3.05, 3.63) is 0 Å². The third-order valence-electron chi connectivity index (χ3n) is 2.57. The molecule has 1 fully saturated rings. The van der Waals surface area contributed by atoms with Crippen LogP contribution in [0.15, 0.2) is 0 Å². The highest BCUT2D eigenvalue weighted by molar-refractivity contribution is 5.81. The number of amides is 1. The highest BCUT2D eigenvalue weighted by Gasteiger charge is 2.15. The van der Waals surface area contributed by atoms with Gasteiger partial charge in [-0.3, -0.25) is 9.59 Å². The van der Waals surface area contributed by atoms with E-state index >= 15 is 0 Å². The average molecular weight is 228 g/mol. The predicted octanol–water partition coefficient (Wildman–Crippen LogP) is 0.198. The molecule has 1 heterocycles. The van der Waals surface area contributed by atoms with E-state index in [-0.39, 0.29) is 24.7 Å². The molecule has 1 amide bonds. The van der Waals surface area contributed by atoms with Crippen molar-refractivity contribution in [2.24, 2.45) is 0 Å². The van der Waals surface area contributed by atoms with Gasteiger partial charge in [-0.15, -0.1) is 0 Å². The van der Waals surface area contributed by atoms with Crippen LogP contribution >= 0.6 is 0 Å². The van der Waals surface area contributed by atoms with E-state index in [1.54, 1.807) is 6.92 Å². The van der Waals surface area contributed by atoms with E-state index in [1.807, 2.05) is 0 Å². The normalized spacial score (nSPS) is 19.4. The zero-order chi connectivity index (χ0) is 11.8. The summed E-state index contributed by atoms with van der Waals surface area (Å²) < 4.78 is 4.74. The molecule has 16 heavy (non-hydrogen) atoms. The first kappa shape index (κ1) is 13.0. The van der Waals surface area contributed by atoms with Crippen molar-refractivity contribution in [2.75, 3.05) is 19.7 Å². The lowest BCUT2D eigenvalue weighted by Crippen LogP contribution is -2.37. The molecule has 0 saturated carbocycles. The number of hydrogen-bond donors (Lipinski definition) is 2. The Morgan fingerprint density at radius 2 is 2.25 bits per heavy atom. The number of hydrogen-bond acceptors (Lipinski definition) is 4. The summed E-state index contributed by atoms with van der Waals surface area (Å²) in [6.07, 6.45) is 2.66. The fraction of sp³-hybridized carbons (Fsp3) is 0.818. The highest BCUT2D eigenvalue weighted by Crippen LogP contribution is 2.03. The largest absolute Gasteiger partial charge is 0.466 e. The summed E-state index contributed by atoms with van der Waals surface area (Å²) in [5.41, 5.74) is 0. The van der Waals surface area contributed by atoms with Crippen molar-refractivity contribution >= 4 is 11.9 Å². The summed E-state index contributed by atoms with van der Waals surface area (Å²) >= 11 is 0. The van der Waals surface area contributed by atoms with Crippen LogP contribution in [0, 0.1) is 0 Å². The Morgan fingerprint density at radius 3 is 2.88 bits per heavy atom. The standard InChI is InChI=1S/C11H20N2O3/c1-2-16-11(15)6-5-10(14)13-8-9-4-3-7-12-9/h9,12H,2-8H2,1H3,(H,13,14)/t9-/m0/s1. The van der Waals surface area contributed by atoms with E-state index in [1.165, 1.54) is 6.42 Å². The lowest BCUT2D eigenvalue weighted by atomic mass is 10.2. The summed E-state index contributed by atoms with van der Waals surface area (Å²) in [6.45, 7) is 3.81. The van der Waals surface area contributed by atoms with Gasteiger partial charge in [0.05, 0.1) is 13.0 Å². The number of rotatable bonds is 6. The molecule has 0 aromatic heterocycles. The van der Waals surface area contributed by atoms with Crippen molar-refractivity contribution in [1.29, 1.82) is 0 Å². The molecule has 0 radical (unpaired) electrons. The topological polar surface area (TPSA) is 67.4 Å².